The van der Waals surface area contributed by atoms with Gasteiger partial charge in [0.05, 0.1) is 12.1 Å². The van der Waals surface area contributed by atoms with Gasteiger partial charge in [0.1, 0.15) is 0 Å². The van der Waals surface area contributed by atoms with Gasteiger partial charge >= 0.3 is 0 Å². The summed E-state index contributed by atoms with van der Waals surface area (Å²) in [6, 6.07) is 19.8. The van der Waals surface area contributed by atoms with Crippen LogP contribution in [0.3, 0.4) is 0 Å². The summed E-state index contributed by atoms with van der Waals surface area (Å²) >= 11 is 0. The number of aliphatic hydroxyl groups excluding tert-OH is 1. The van der Waals surface area contributed by atoms with Crippen LogP contribution < -0.4 is 5.32 Å². The maximum Gasteiger partial charge on any atom is 0.0984 e. The topological polar surface area (TPSA) is 35.5 Å². The maximum atomic E-state index is 10.7. The smallest absolute Gasteiger partial charge is 0.0984 e. The van der Waals surface area contributed by atoms with Crippen molar-refractivity contribution in [3.63, 3.8) is 0 Å². The number of nitrogens with zero attached hydrogens (tertiary/aromatic N) is 1. The molecule has 0 spiro atoms. The number of rotatable bonds is 7. The normalized spacial score (nSPS) is 14.1. The third-order valence-corrected chi connectivity index (χ3v) is 3.54. The van der Waals surface area contributed by atoms with Gasteiger partial charge in [0.15, 0.2) is 0 Å². The van der Waals surface area contributed by atoms with Crippen LogP contribution in [0.15, 0.2) is 60.7 Å². The summed E-state index contributed by atoms with van der Waals surface area (Å²) in [5.74, 6) is 0. The van der Waals surface area contributed by atoms with E-state index in [1.54, 1.807) is 0 Å². The molecule has 2 aromatic rings. The second-order valence-corrected chi connectivity index (χ2v) is 5.50. The Bertz CT molecular complexity index is 513. The van der Waals surface area contributed by atoms with Crippen LogP contribution >= 0.6 is 0 Å². The zero-order valence-corrected chi connectivity index (χ0v) is 12.7. The second kappa shape index (κ2) is 7.93. The van der Waals surface area contributed by atoms with E-state index in [1.807, 2.05) is 62.6 Å². The van der Waals surface area contributed by atoms with Crippen molar-refractivity contribution in [2.75, 3.05) is 27.2 Å². The van der Waals surface area contributed by atoms with Crippen LogP contribution in [0.4, 0.5) is 0 Å². The second-order valence-electron chi connectivity index (χ2n) is 5.50. The fourth-order valence-electron chi connectivity index (χ4n) is 2.36. The first-order chi connectivity index (χ1) is 10.2. The van der Waals surface area contributed by atoms with Gasteiger partial charge in [0.25, 0.3) is 0 Å². The number of hydrogen-bond acceptors (Lipinski definition) is 3. The standard InChI is InChI=1S/C18H24N2O/c1-20(2)14-13-19-17(15-9-5-3-6-10-15)18(21)16-11-7-4-8-12-16/h3-12,17-19,21H,13-14H2,1-2H3/t17-,18-/m0/s1. The number of aliphatic hydroxyl groups is 1. The molecule has 0 radical (unpaired) electrons. The minimum Gasteiger partial charge on any atom is -0.386 e. The van der Waals surface area contributed by atoms with Gasteiger partial charge in [0.2, 0.25) is 0 Å². The predicted octanol–water partition coefficient (Wildman–Crippen LogP) is 2.61. The molecule has 0 saturated heterocycles. The molecular weight excluding hydrogens is 260 g/mol. The van der Waals surface area contributed by atoms with E-state index in [4.69, 9.17) is 0 Å². The Morgan fingerprint density at radius 2 is 1.43 bits per heavy atom. The fraction of sp³-hybridized carbons (Fsp3) is 0.333. The average molecular weight is 284 g/mol. The lowest BCUT2D eigenvalue weighted by molar-refractivity contribution is 0.127. The van der Waals surface area contributed by atoms with Crippen molar-refractivity contribution in [2.45, 2.75) is 12.1 Å². The van der Waals surface area contributed by atoms with E-state index in [1.165, 1.54) is 0 Å². The van der Waals surface area contributed by atoms with Crippen LogP contribution in [0.2, 0.25) is 0 Å². The van der Waals surface area contributed by atoms with Crippen molar-refractivity contribution in [2.24, 2.45) is 0 Å². The molecule has 3 nitrogen and oxygen atoms in total. The van der Waals surface area contributed by atoms with Crippen LogP contribution in [-0.2, 0) is 0 Å². The molecule has 0 saturated carbocycles. The van der Waals surface area contributed by atoms with Crippen LogP contribution in [0, 0.1) is 0 Å². The van der Waals surface area contributed by atoms with E-state index in [0.717, 1.165) is 24.2 Å². The minimum atomic E-state index is -0.559. The van der Waals surface area contributed by atoms with Gasteiger partial charge in [-0.05, 0) is 25.2 Å². The van der Waals surface area contributed by atoms with Crippen LogP contribution in [0.1, 0.15) is 23.3 Å². The molecule has 0 fully saturated rings. The summed E-state index contributed by atoms with van der Waals surface area (Å²) in [5.41, 5.74) is 2.04. The van der Waals surface area contributed by atoms with Gasteiger partial charge in [0, 0.05) is 13.1 Å². The highest BCUT2D eigenvalue weighted by Crippen LogP contribution is 2.28. The average Bonchev–Trinajstić information content (AvgIpc) is 2.52. The van der Waals surface area contributed by atoms with Gasteiger partial charge in [-0.3, -0.25) is 0 Å². The molecule has 0 heterocycles. The highest BCUT2D eigenvalue weighted by Gasteiger charge is 2.21. The zero-order chi connectivity index (χ0) is 15.1. The number of hydrogen-bond donors (Lipinski definition) is 2. The van der Waals surface area contributed by atoms with Crippen LogP contribution in [0.5, 0.6) is 0 Å². The first-order valence-electron chi connectivity index (χ1n) is 7.34. The van der Waals surface area contributed by atoms with E-state index in [2.05, 4.69) is 22.3 Å². The van der Waals surface area contributed by atoms with Crippen LogP contribution in [0.25, 0.3) is 0 Å². The zero-order valence-electron chi connectivity index (χ0n) is 12.7. The molecule has 2 atom stereocenters. The summed E-state index contributed by atoms with van der Waals surface area (Å²) < 4.78 is 0. The predicted molar refractivity (Wildman–Crippen MR) is 87.1 cm³/mol. The molecule has 0 aromatic heterocycles. The molecule has 2 aromatic carbocycles. The summed E-state index contributed by atoms with van der Waals surface area (Å²) in [5, 5.41) is 14.2. The number of nitrogens with one attached hydrogen (secondary N) is 1. The summed E-state index contributed by atoms with van der Waals surface area (Å²) in [7, 11) is 4.10. The van der Waals surface area contributed by atoms with E-state index in [-0.39, 0.29) is 6.04 Å². The van der Waals surface area contributed by atoms with E-state index in [9.17, 15) is 5.11 Å². The SMILES string of the molecule is CN(C)CCN[C@@H](c1ccccc1)[C@@H](O)c1ccccc1. The van der Waals surface area contributed by atoms with Crippen molar-refractivity contribution in [3.05, 3.63) is 71.8 Å². The van der Waals surface area contributed by atoms with Crippen molar-refractivity contribution in [1.82, 2.24) is 10.2 Å². The minimum absolute atomic E-state index is 0.103. The van der Waals surface area contributed by atoms with Crippen molar-refractivity contribution >= 4 is 0 Å². The first-order valence-corrected chi connectivity index (χ1v) is 7.34. The molecular formula is C18H24N2O. The van der Waals surface area contributed by atoms with Crippen molar-refractivity contribution in [3.8, 4) is 0 Å². The lowest BCUT2D eigenvalue weighted by atomic mass is 9.96. The van der Waals surface area contributed by atoms with Gasteiger partial charge in [-0.25, -0.2) is 0 Å². The first kappa shape index (κ1) is 15.7. The summed E-state index contributed by atoms with van der Waals surface area (Å²) in [4.78, 5) is 2.13. The largest absolute Gasteiger partial charge is 0.386 e. The summed E-state index contributed by atoms with van der Waals surface area (Å²) in [6.07, 6.45) is -0.559. The van der Waals surface area contributed by atoms with Gasteiger partial charge in [-0.15, -0.1) is 0 Å². The molecule has 0 bridgehead atoms. The van der Waals surface area contributed by atoms with Gasteiger partial charge in [-0.1, -0.05) is 60.7 Å². The Balaban J connectivity index is 2.15. The Hall–Kier alpha value is -1.68. The monoisotopic (exact) mass is 284 g/mol. The molecule has 0 unspecified atom stereocenters. The maximum absolute atomic E-state index is 10.7. The fourth-order valence-corrected chi connectivity index (χ4v) is 2.36. The Kier molecular flexibility index (Phi) is 5.93. The molecule has 3 heteroatoms. The Morgan fingerprint density at radius 3 is 1.95 bits per heavy atom. The van der Waals surface area contributed by atoms with Crippen molar-refractivity contribution in [1.29, 1.82) is 0 Å². The molecule has 2 rings (SSSR count). The highest BCUT2D eigenvalue weighted by atomic mass is 16.3. The van der Waals surface area contributed by atoms with E-state index in [0.29, 0.717) is 0 Å². The molecule has 0 aliphatic rings. The molecule has 112 valence electrons. The lowest BCUT2D eigenvalue weighted by Crippen LogP contribution is -2.33. The Labute approximate surface area is 127 Å². The van der Waals surface area contributed by atoms with Gasteiger partial charge in [-0.2, -0.15) is 0 Å². The number of benzene rings is 2. The summed E-state index contributed by atoms with van der Waals surface area (Å²) in [6.45, 7) is 1.77. The lowest BCUT2D eigenvalue weighted by Gasteiger charge is -2.26. The third kappa shape index (κ3) is 4.67. The molecule has 0 aliphatic heterocycles. The van der Waals surface area contributed by atoms with E-state index < -0.39 is 6.10 Å². The van der Waals surface area contributed by atoms with E-state index >= 15 is 0 Å². The van der Waals surface area contributed by atoms with Crippen LogP contribution in [-0.4, -0.2) is 37.2 Å². The highest BCUT2D eigenvalue weighted by molar-refractivity contribution is 5.26. The van der Waals surface area contributed by atoms with Crippen molar-refractivity contribution < 1.29 is 5.11 Å². The quantitative estimate of drug-likeness (QED) is 0.820. The molecule has 21 heavy (non-hydrogen) atoms. The molecule has 2 N–H and O–H groups in total. The molecule has 0 aliphatic carbocycles. The Morgan fingerprint density at radius 1 is 0.905 bits per heavy atom. The van der Waals surface area contributed by atoms with Gasteiger partial charge < -0.3 is 15.3 Å². The third-order valence-electron chi connectivity index (χ3n) is 3.54. The number of likely N-dealkylation sites (N-methyl/N-ethyl adjacent to an activating group) is 1. The molecule has 0 amide bonds.